The zero-order valence-corrected chi connectivity index (χ0v) is 11.7. The van der Waals surface area contributed by atoms with E-state index in [4.69, 9.17) is 9.47 Å². The van der Waals surface area contributed by atoms with Gasteiger partial charge in [-0.1, -0.05) is 38.1 Å². The van der Waals surface area contributed by atoms with Crippen LogP contribution in [0.15, 0.2) is 24.3 Å². The van der Waals surface area contributed by atoms with Crippen molar-refractivity contribution in [1.82, 2.24) is 0 Å². The third-order valence-electron chi connectivity index (χ3n) is 4.17. The van der Waals surface area contributed by atoms with E-state index < -0.39 is 0 Å². The molecule has 0 N–H and O–H groups in total. The first-order valence-corrected chi connectivity index (χ1v) is 6.97. The fourth-order valence-corrected chi connectivity index (χ4v) is 2.77. The lowest BCUT2D eigenvalue weighted by molar-refractivity contribution is -0.246. The molecule has 1 aromatic rings. The van der Waals surface area contributed by atoms with Gasteiger partial charge in [-0.3, -0.25) is 0 Å². The summed E-state index contributed by atoms with van der Waals surface area (Å²) in [6.07, 6.45) is 4.49. The number of aryl methyl sites for hydroxylation is 1. The van der Waals surface area contributed by atoms with Crippen LogP contribution >= 0.6 is 0 Å². The summed E-state index contributed by atoms with van der Waals surface area (Å²) < 4.78 is 11.7. The number of hydrogen-bond acceptors (Lipinski definition) is 2. The Morgan fingerprint density at radius 2 is 1.89 bits per heavy atom. The van der Waals surface area contributed by atoms with E-state index in [0.29, 0.717) is 12.5 Å². The second-order valence-corrected chi connectivity index (χ2v) is 5.27. The van der Waals surface area contributed by atoms with Gasteiger partial charge in [0.05, 0.1) is 6.61 Å². The Balaban J connectivity index is 1.97. The van der Waals surface area contributed by atoms with Gasteiger partial charge in [0, 0.05) is 19.4 Å². The van der Waals surface area contributed by atoms with Gasteiger partial charge in [0.15, 0.2) is 5.79 Å². The van der Waals surface area contributed by atoms with Crippen LogP contribution in [0, 0.1) is 5.92 Å². The van der Waals surface area contributed by atoms with E-state index >= 15 is 0 Å². The Labute approximate surface area is 110 Å². The van der Waals surface area contributed by atoms with Crippen molar-refractivity contribution in [3.63, 3.8) is 0 Å². The molecule has 2 rings (SSSR count). The molecule has 1 aliphatic carbocycles. The van der Waals surface area contributed by atoms with Crippen LogP contribution in [0.3, 0.4) is 0 Å². The molecule has 1 aliphatic rings. The summed E-state index contributed by atoms with van der Waals surface area (Å²) in [6.45, 7) is 5.03. The molecule has 0 aromatic heterocycles. The SMILES string of the molecule is CCc1ccc(COC2(OC)CCCC2C)cc1. The largest absolute Gasteiger partial charge is 0.353 e. The Kier molecular flexibility index (Phi) is 4.41. The minimum Gasteiger partial charge on any atom is -0.353 e. The standard InChI is InChI=1S/C16H24O2/c1-4-14-7-9-15(10-8-14)12-18-16(17-3)11-5-6-13(16)2/h7-10,13H,4-6,11-12H2,1-3H3. The van der Waals surface area contributed by atoms with Gasteiger partial charge in [0.25, 0.3) is 0 Å². The first-order chi connectivity index (χ1) is 8.70. The van der Waals surface area contributed by atoms with E-state index in [-0.39, 0.29) is 5.79 Å². The molecule has 1 saturated carbocycles. The molecule has 0 bridgehead atoms. The van der Waals surface area contributed by atoms with Gasteiger partial charge in [0.1, 0.15) is 0 Å². The van der Waals surface area contributed by atoms with Crippen molar-refractivity contribution in [2.75, 3.05) is 7.11 Å². The summed E-state index contributed by atoms with van der Waals surface area (Å²) in [6, 6.07) is 8.66. The van der Waals surface area contributed by atoms with Crippen LogP contribution in [0.25, 0.3) is 0 Å². The minimum absolute atomic E-state index is 0.358. The Morgan fingerprint density at radius 3 is 2.39 bits per heavy atom. The Morgan fingerprint density at radius 1 is 1.22 bits per heavy atom. The van der Waals surface area contributed by atoms with E-state index in [2.05, 4.69) is 38.1 Å². The zero-order valence-electron chi connectivity index (χ0n) is 11.7. The maximum absolute atomic E-state index is 6.09. The summed E-state index contributed by atoms with van der Waals surface area (Å²) in [4.78, 5) is 0. The van der Waals surface area contributed by atoms with Crippen LogP contribution in [0.4, 0.5) is 0 Å². The van der Waals surface area contributed by atoms with Gasteiger partial charge in [0.2, 0.25) is 0 Å². The lowest BCUT2D eigenvalue weighted by atomic mass is 10.0. The van der Waals surface area contributed by atoms with Gasteiger partial charge in [-0.25, -0.2) is 0 Å². The summed E-state index contributed by atoms with van der Waals surface area (Å²) in [5, 5.41) is 0. The maximum Gasteiger partial charge on any atom is 0.170 e. The molecular weight excluding hydrogens is 224 g/mol. The van der Waals surface area contributed by atoms with E-state index in [9.17, 15) is 0 Å². The molecule has 0 amide bonds. The predicted molar refractivity (Wildman–Crippen MR) is 73.4 cm³/mol. The van der Waals surface area contributed by atoms with Crippen molar-refractivity contribution in [3.8, 4) is 0 Å². The minimum atomic E-state index is -0.358. The maximum atomic E-state index is 6.09. The van der Waals surface area contributed by atoms with Gasteiger partial charge in [-0.05, 0) is 30.4 Å². The summed E-state index contributed by atoms with van der Waals surface area (Å²) in [5.74, 6) is 0.126. The molecule has 1 aromatic carbocycles. The molecule has 2 heteroatoms. The van der Waals surface area contributed by atoms with Crippen molar-refractivity contribution in [3.05, 3.63) is 35.4 Å². The fraction of sp³-hybridized carbons (Fsp3) is 0.625. The Bertz CT molecular complexity index is 371. The normalized spacial score (nSPS) is 27.6. The number of rotatable bonds is 5. The van der Waals surface area contributed by atoms with Crippen molar-refractivity contribution in [2.24, 2.45) is 5.92 Å². The Hall–Kier alpha value is -0.860. The average Bonchev–Trinajstić information content (AvgIpc) is 2.79. The van der Waals surface area contributed by atoms with E-state index in [1.807, 2.05) is 0 Å². The smallest absolute Gasteiger partial charge is 0.170 e. The zero-order chi connectivity index (χ0) is 13.0. The van der Waals surface area contributed by atoms with Crippen molar-refractivity contribution in [1.29, 1.82) is 0 Å². The number of hydrogen-bond donors (Lipinski definition) is 0. The molecule has 0 spiro atoms. The van der Waals surface area contributed by atoms with E-state index in [0.717, 1.165) is 12.8 Å². The van der Waals surface area contributed by atoms with Crippen LogP contribution in [-0.4, -0.2) is 12.9 Å². The third-order valence-corrected chi connectivity index (χ3v) is 4.17. The van der Waals surface area contributed by atoms with Crippen molar-refractivity contribution < 1.29 is 9.47 Å². The van der Waals surface area contributed by atoms with Gasteiger partial charge in [-0.15, -0.1) is 0 Å². The topological polar surface area (TPSA) is 18.5 Å². The van der Waals surface area contributed by atoms with Gasteiger partial charge in [-0.2, -0.15) is 0 Å². The molecule has 0 aliphatic heterocycles. The summed E-state index contributed by atoms with van der Waals surface area (Å²) >= 11 is 0. The van der Waals surface area contributed by atoms with Crippen LogP contribution in [0.2, 0.25) is 0 Å². The van der Waals surface area contributed by atoms with Gasteiger partial charge >= 0.3 is 0 Å². The van der Waals surface area contributed by atoms with Crippen LogP contribution in [-0.2, 0) is 22.5 Å². The highest BCUT2D eigenvalue weighted by Gasteiger charge is 2.41. The molecule has 1 fully saturated rings. The number of methoxy groups -OCH3 is 1. The highest BCUT2D eigenvalue weighted by molar-refractivity contribution is 5.21. The predicted octanol–water partition coefficient (Wildman–Crippen LogP) is 3.93. The van der Waals surface area contributed by atoms with Crippen LogP contribution in [0.1, 0.15) is 44.2 Å². The fourth-order valence-electron chi connectivity index (χ4n) is 2.77. The van der Waals surface area contributed by atoms with Crippen molar-refractivity contribution >= 4 is 0 Å². The lowest BCUT2D eigenvalue weighted by Crippen LogP contribution is -2.37. The van der Waals surface area contributed by atoms with Crippen LogP contribution < -0.4 is 0 Å². The number of ether oxygens (including phenoxy) is 2. The molecule has 2 nitrogen and oxygen atoms in total. The molecule has 0 radical (unpaired) electrons. The second-order valence-electron chi connectivity index (χ2n) is 5.27. The third kappa shape index (κ3) is 2.76. The van der Waals surface area contributed by atoms with E-state index in [1.54, 1.807) is 7.11 Å². The lowest BCUT2D eigenvalue weighted by Gasteiger charge is -2.32. The van der Waals surface area contributed by atoms with E-state index in [1.165, 1.54) is 24.0 Å². The molecule has 0 saturated heterocycles. The molecule has 18 heavy (non-hydrogen) atoms. The summed E-state index contributed by atoms with van der Waals surface area (Å²) in [7, 11) is 1.77. The van der Waals surface area contributed by atoms with Crippen molar-refractivity contribution in [2.45, 2.75) is 51.9 Å². The summed E-state index contributed by atoms with van der Waals surface area (Å²) in [5.41, 5.74) is 2.59. The van der Waals surface area contributed by atoms with Gasteiger partial charge < -0.3 is 9.47 Å². The molecule has 2 unspecified atom stereocenters. The monoisotopic (exact) mass is 248 g/mol. The molecular formula is C16H24O2. The molecule has 0 heterocycles. The first-order valence-electron chi connectivity index (χ1n) is 6.97. The number of benzene rings is 1. The highest BCUT2D eigenvalue weighted by Crippen LogP contribution is 2.39. The van der Waals surface area contributed by atoms with Crippen LogP contribution in [0.5, 0.6) is 0 Å². The molecule has 2 atom stereocenters. The quantitative estimate of drug-likeness (QED) is 0.735. The average molecular weight is 248 g/mol. The first kappa shape index (κ1) is 13.6. The molecule has 100 valence electrons. The second kappa shape index (κ2) is 5.85. The highest BCUT2D eigenvalue weighted by atomic mass is 16.7.